The second-order valence-electron chi connectivity index (χ2n) is 4.08. The van der Waals surface area contributed by atoms with Crippen LogP contribution >= 0.6 is 0 Å². The molecule has 1 N–H and O–H groups in total. The first-order valence-corrected chi connectivity index (χ1v) is 5.14. The Morgan fingerprint density at radius 2 is 2.36 bits per heavy atom. The maximum absolute atomic E-state index is 11.0. The van der Waals surface area contributed by atoms with Gasteiger partial charge >= 0.3 is 5.97 Å². The second-order valence-corrected chi connectivity index (χ2v) is 4.08. The maximum atomic E-state index is 11.0. The lowest BCUT2D eigenvalue weighted by Crippen LogP contribution is -2.31. The summed E-state index contributed by atoms with van der Waals surface area (Å²) < 4.78 is 4.83. The van der Waals surface area contributed by atoms with Gasteiger partial charge in [0.2, 0.25) is 0 Å². The SMILES string of the molecule is CCOC(=O)CCN1CCC(C)(O)C1. The van der Waals surface area contributed by atoms with Crippen molar-refractivity contribution < 1.29 is 14.6 Å². The van der Waals surface area contributed by atoms with Gasteiger partial charge in [-0.15, -0.1) is 0 Å². The molecule has 0 bridgehead atoms. The van der Waals surface area contributed by atoms with E-state index < -0.39 is 5.60 Å². The molecular formula is C10H19NO3. The van der Waals surface area contributed by atoms with Crippen LogP contribution in [0.15, 0.2) is 0 Å². The van der Waals surface area contributed by atoms with Crippen LogP contribution in [-0.2, 0) is 9.53 Å². The first kappa shape index (κ1) is 11.5. The Hall–Kier alpha value is -0.610. The van der Waals surface area contributed by atoms with Crippen LogP contribution in [0, 0.1) is 0 Å². The van der Waals surface area contributed by atoms with Gasteiger partial charge in [0.25, 0.3) is 0 Å². The number of carbonyl (C=O) groups excluding carboxylic acids is 1. The molecule has 1 fully saturated rings. The smallest absolute Gasteiger partial charge is 0.307 e. The van der Waals surface area contributed by atoms with Crippen LogP contribution in [0.4, 0.5) is 0 Å². The Labute approximate surface area is 84.8 Å². The van der Waals surface area contributed by atoms with Gasteiger partial charge < -0.3 is 9.84 Å². The number of likely N-dealkylation sites (tertiary alicyclic amines) is 1. The van der Waals surface area contributed by atoms with Gasteiger partial charge in [-0.3, -0.25) is 9.69 Å². The molecule has 0 aromatic rings. The summed E-state index contributed by atoms with van der Waals surface area (Å²) in [6, 6.07) is 0. The van der Waals surface area contributed by atoms with E-state index in [1.54, 1.807) is 6.92 Å². The molecule has 82 valence electrons. The fraction of sp³-hybridized carbons (Fsp3) is 0.900. The molecule has 0 amide bonds. The number of hydrogen-bond donors (Lipinski definition) is 1. The molecule has 4 heteroatoms. The molecule has 0 aromatic heterocycles. The minimum atomic E-state index is -0.575. The summed E-state index contributed by atoms with van der Waals surface area (Å²) in [7, 11) is 0. The van der Waals surface area contributed by atoms with Crippen LogP contribution in [0.1, 0.15) is 26.7 Å². The van der Waals surface area contributed by atoms with Crippen molar-refractivity contribution >= 4 is 5.97 Å². The number of hydrogen-bond acceptors (Lipinski definition) is 4. The van der Waals surface area contributed by atoms with Crippen LogP contribution in [0.5, 0.6) is 0 Å². The van der Waals surface area contributed by atoms with E-state index in [9.17, 15) is 9.90 Å². The quantitative estimate of drug-likeness (QED) is 0.669. The van der Waals surface area contributed by atoms with Gasteiger partial charge in [0.15, 0.2) is 0 Å². The minimum absolute atomic E-state index is 0.154. The van der Waals surface area contributed by atoms with Crippen molar-refractivity contribution in [3.63, 3.8) is 0 Å². The molecule has 0 spiro atoms. The van der Waals surface area contributed by atoms with Crippen LogP contribution < -0.4 is 0 Å². The van der Waals surface area contributed by atoms with E-state index in [0.29, 0.717) is 26.1 Å². The van der Waals surface area contributed by atoms with Crippen molar-refractivity contribution in [3.05, 3.63) is 0 Å². The summed E-state index contributed by atoms with van der Waals surface area (Å²) >= 11 is 0. The summed E-state index contributed by atoms with van der Waals surface area (Å²) in [5.74, 6) is -0.154. The van der Waals surface area contributed by atoms with Crippen LogP contribution in [0.25, 0.3) is 0 Å². The highest BCUT2D eigenvalue weighted by atomic mass is 16.5. The van der Waals surface area contributed by atoms with Gasteiger partial charge in [0.1, 0.15) is 0 Å². The molecular weight excluding hydrogens is 182 g/mol. The summed E-state index contributed by atoms with van der Waals surface area (Å²) in [5.41, 5.74) is -0.575. The maximum Gasteiger partial charge on any atom is 0.307 e. The highest BCUT2D eigenvalue weighted by Crippen LogP contribution is 2.19. The van der Waals surface area contributed by atoms with Gasteiger partial charge in [-0.25, -0.2) is 0 Å². The van der Waals surface area contributed by atoms with E-state index >= 15 is 0 Å². The Kier molecular flexibility index (Phi) is 3.89. The molecule has 0 aliphatic carbocycles. The Balaban J connectivity index is 2.17. The zero-order chi connectivity index (χ0) is 10.6. The molecule has 1 saturated heterocycles. The van der Waals surface area contributed by atoms with Crippen LogP contribution in [0.2, 0.25) is 0 Å². The van der Waals surface area contributed by atoms with Crippen molar-refractivity contribution in [3.8, 4) is 0 Å². The fourth-order valence-electron chi connectivity index (χ4n) is 1.71. The predicted molar refractivity (Wildman–Crippen MR) is 52.9 cm³/mol. The number of β-amino-alcohol motifs (C(OH)–C–C–N with tert-alkyl or cyclic N) is 1. The van der Waals surface area contributed by atoms with Crippen molar-refractivity contribution in [2.45, 2.75) is 32.3 Å². The third-order valence-corrected chi connectivity index (χ3v) is 2.47. The molecule has 1 heterocycles. The average Bonchev–Trinajstić information content (AvgIpc) is 2.43. The minimum Gasteiger partial charge on any atom is -0.466 e. The lowest BCUT2D eigenvalue weighted by molar-refractivity contribution is -0.143. The number of aliphatic hydroxyl groups is 1. The molecule has 1 rings (SSSR count). The van der Waals surface area contributed by atoms with E-state index in [1.165, 1.54) is 0 Å². The number of carbonyl (C=O) groups is 1. The fourth-order valence-corrected chi connectivity index (χ4v) is 1.71. The number of ether oxygens (including phenoxy) is 1. The van der Waals surface area contributed by atoms with E-state index in [1.807, 2.05) is 6.92 Å². The predicted octanol–water partition coefficient (Wildman–Crippen LogP) is 0.396. The molecule has 1 aliphatic heterocycles. The molecule has 0 saturated carbocycles. The average molecular weight is 201 g/mol. The van der Waals surface area contributed by atoms with E-state index in [0.717, 1.165) is 13.0 Å². The third kappa shape index (κ3) is 3.64. The van der Waals surface area contributed by atoms with Gasteiger partial charge in [-0.2, -0.15) is 0 Å². The van der Waals surface area contributed by atoms with Gasteiger partial charge in [-0.05, 0) is 20.3 Å². The molecule has 1 aliphatic rings. The first-order chi connectivity index (χ1) is 6.53. The van der Waals surface area contributed by atoms with E-state index in [-0.39, 0.29) is 5.97 Å². The van der Waals surface area contributed by atoms with Gasteiger partial charge in [0, 0.05) is 19.6 Å². The van der Waals surface area contributed by atoms with Gasteiger partial charge in [0.05, 0.1) is 18.6 Å². The topological polar surface area (TPSA) is 49.8 Å². The largest absolute Gasteiger partial charge is 0.466 e. The van der Waals surface area contributed by atoms with Crippen molar-refractivity contribution in [1.29, 1.82) is 0 Å². The number of rotatable bonds is 4. The summed E-state index contributed by atoms with van der Waals surface area (Å²) in [5, 5.41) is 9.68. The Morgan fingerprint density at radius 1 is 1.64 bits per heavy atom. The molecule has 0 aromatic carbocycles. The monoisotopic (exact) mass is 201 g/mol. The van der Waals surface area contributed by atoms with Crippen LogP contribution in [0.3, 0.4) is 0 Å². The van der Waals surface area contributed by atoms with Crippen molar-refractivity contribution in [1.82, 2.24) is 4.90 Å². The molecule has 1 atom stereocenters. The Morgan fingerprint density at radius 3 is 2.86 bits per heavy atom. The molecule has 14 heavy (non-hydrogen) atoms. The van der Waals surface area contributed by atoms with Crippen molar-refractivity contribution in [2.75, 3.05) is 26.2 Å². The lowest BCUT2D eigenvalue weighted by Gasteiger charge is -2.18. The first-order valence-electron chi connectivity index (χ1n) is 5.14. The molecule has 1 unspecified atom stereocenters. The second kappa shape index (κ2) is 4.75. The Bertz CT molecular complexity index is 204. The standard InChI is InChI=1S/C10H19NO3/c1-3-14-9(12)4-6-11-7-5-10(2,13)8-11/h13H,3-8H2,1-2H3. The summed E-state index contributed by atoms with van der Waals surface area (Å²) in [6.07, 6.45) is 1.21. The van der Waals surface area contributed by atoms with E-state index in [2.05, 4.69) is 4.90 Å². The van der Waals surface area contributed by atoms with Gasteiger partial charge in [-0.1, -0.05) is 0 Å². The highest BCUT2D eigenvalue weighted by molar-refractivity contribution is 5.69. The molecule has 4 nitrogen and oxygen atoms in total. The summed E-state index contributed by atoms with van der Waals surface area (Å²) in [4.78, 5) is 13.1. The lowest BCUT2D eigenvalue weighted by atomic mass is 10.1. The highest BCUT2D eigenvalue weighted by Gasteiger charge is 2.31. The zero-order valence-electron chi connectivity index (χ0n) is 8.95. The van der Waals surface area contributed by atoms with Crippen LogP contribution in [-0.4, -0.2) is 47.8 Å². The number of nitrogens with zero attached hydrogens (tertiary/aromatic N) is 1. The molecule has 0 radical (unpaired) electrons. The van der Waals surface area contributed by atoms with E-state index in [4.69, 9.17) is 4.74 Å². The number of esters is 1. The zero-order valence-corrected chi connectivity index (χ0v) is 8.95. The summed E-state index contributed by atoms with van der Waals surface area (Å²) in [6.45, 7) is 6.29. The van der Waals surface area contributed by atoms with Crippen molar-refractivity contribution in [2.24, 2.45) is 0 Å². The third-order valence-electron chi connectivity index (χ3n) is 2.47. The normalized spacial score (nSPS) is 27.9.